The fourth-order valence-electron chi connectivity index (χ4n) is 1.99. The quantitative estimate of drug-likeness (QED) is 0.321. The van der Waals surface area contributed by atoms with Crippen LogP contribution < -0.4 is 10.8 Å². The molecule has 2 N–H and O–H groups in total. The van der Waals surface area contributed by atoms with E-state index in [1.54, 1.807) is 13.8 Å². The molecule has 118 valence electrons. The van der Waals surface area contributed by atoms with Gasteiger partial charge in [0, 0.05) is 23.2 Å². The smallest absolute Gasteiger partial charge is 0.351 e. The van der Waals surface area contributed by atoms with Gasteiger partial charge in [-0.25, -0.2) is 9.59 Å². The average Bonchev–Trinajstić information content (AvgIpc) is 2.45. The van der Waals surface area contributed by atoms with E-state index in [0.717, 1.165) is 25.7 Å². The number of rotatable bonds is 7. The van der Waals surface area contributed by atoms with Crippen LogP contribution in [0.4, 0.5) is 0 Å². The fraction of sp³-hybridized carbons (Fsp3) is 0.600. The Hall–Kier alpha value is -1.66. The number of carbonyl (C=O) groups excluding carboxylic acids is 2. The summed E-state index contributed by atoms with van der Waals surface area (Å²) in [6.07, 6.45) is 3.62. The highest BCUT2D eigenvalue weighted by molar-refractivity contribution is 5.87. The molecule has 0 aromatic carbocycles. The Morgan fingerprint density at radius 2 is 1.52 bits per heavy atom. The number of nitrogens with one attached hydrogen (secondary N) is 2. The van der Waals surface area contributed by atoms with E-state index in [2.05, 4.69) is 24.0 Å². The van der Waals surface area contributed by atoms with Crippen LogP contribution in [0.1, 0.15) is 39.5 Å². The molecule has 0 aromatic heterocycles. The molecule has 0 unspecified atom stereocenters. The summed E-state index contributed by atoms with van der Waals surface area (Å²) in [7, 11) is 0. The predicted octanol–water partition coefficient (Wildman–Crippen LogP) is 1.59. The summed E-state index contributed by atoms with van der Waals surface area (Å²) in [6.45, 7) is 10.5. The number of esters is 1. The van der Waals surface area contributed by atoms with Gasteiger partial charge in [0.1, 0.15) is 6.73 Å². The van der Waals surface area contributed by atoms with Crippen LogP contribution >= 0.6 is 0 Å². The Kier molecular flexibility index (Phi) is 7.11. The van der Waals surface area contributed by atoms with Gasteiger partial charge in [-0.3, -0.25) is 5.32 Å². The first kappa shape index (κ1) is 17.4. The highest BCUT2D eigenvalue weighted by Gasteiger charge is 2.22. The van der Waals surface area contributed by atoms with Crippen molar-refractivity contribution in [1.82, 2.24) is 10.8 Å². The minimum atomic E-state index is -0.429. The lowest BCUT2D eigenvalue weighted by atomic mass is 9.92. The van der Waals surface area contributed by atoms with Crippen molar-refractivity contribution in [2.75, 3.05) is 6.73 Å². The molecular weight excluding hydrogens is 272 g/mol. The standard InChI is InChI=1S/C15H24N2O4/c1-10(2)14(18)20-9-16-12-5-7-13(8-6-12)17-21-15(19)11(3)4/h12-13,16-17H,1,3,5-9H2,2,4H3. The molecule has 0 amide bonds. The lowest BCUT2D eigenvalue weighted by molar-refractivity contribution is -0.148. The molecule has 0 saturated heterocycles. The molecule has 1 aliphatic rings. The predicted molar refractivity (Wildman–Crippen MR) is 79.0 cm³/mol. The molecule has 1 fully saturated rings. The number of hydrogen-bond acceptors (Lipinski definition) is 6. The molecule has 0 spiro atoms. The van der Waals surface area contributed by atoms with Crippen LogP contribution in [0, 0.1) is 0 Å². The van der Waals surface area contributed by atoms with E-state index in [1.165, 1.54) is 0 Å². The van der Waals surface area contributed by atoms with Gasteiger partial charge in [-0.1, -0.05) is 13.2 Å². The van der Waals surface area contributed by atoms with Gasteiger partial charge in [-0.15, -0.1) is 5.48 Å². The second-order valence-corrected chi connectivity index (χ2v) is 5.40. The van der Waals surface area contributed by atoms with Crippen molar-refractivity contribution in [3.63, 3.8) is 0 Å². The van der Waals surface area contributed by atoms with E-state index in [4.69, 9.17) is 9.57 Å². The molecule has 0 aromatic rings. The summed E-state index contributed by atoms with van der Waals surface area (Å²) in [6, 6.07) is 0.460. The Bertz CT molecular complexity index is 412. The number of hydroxylamine groups is 1. The van der Waals surface area contributed by atoms with Crippen molar-refractivity contribution in [2.45, 2.75) is 51.6 Å². The van der Waals surface area contributed by atoms with Crippen LogP contribution in [-0.4, -0.2) is 30.8 Å². The summed E-state index contributed by atoms with van der Waals surface area (Å²) in [5.74, 6) is -0.813. The molecule has 1 saturated carbocycles. The Morgan fingerprint density at radius 1 is 1.00 bits per heavy atom. The molecule has 1 aliphatic carbocycles. The molecule has 0 heterocycles. The van der Waals surface area contributed by atoms with Crippen LogP contribution in [0.3, 0.4) is 0 Å². The molecule has 6 heteroatoms. The SMILES string of the molecule is C=C(C)C(=O)OCNC1CCC(NOC(=O)C(=C)C)CC1. The fourth-order valence-corrected chi connectivity index (χ4v) is 1.99. The molecule has 6 nitrogen and oxygen atoms in total. The molecule has 0 aliphatic heterocycles. The third kappa shape index (κ3) is 6.55. The van der Waals surface area contributed by atoms with E-state index < -0.39 is 5.97 Å². The Labute approximate surface area is 125 Å². The first-order valence-corrected chi connectivity index (χ1v) is 7.08. The van der Waals surface area contributed by atoms with E-state index >= 15 is 0 Å². The summed E-state index contributed by atoms with van der Waals surface area (Å²) in [5.41, 5.74) is 3.54. The minimum absolute atomic E-state index is 0.157. The largest absolute Gasteiger partial charge is 0.446 e. The average molecular weight is 296 g/mol. The number of hydrogen-bond donors (Lipinski definition) is 2. The first-order chi connectivity index (χ1) is 9.90. The molecular formula is C15H24N2O4. The van der Waals surface area contributed by atoms with Crippen LogP contribution in [0.5, 0.6) is 0 Å². The number of carbonyl (C=O) groups is 2. The van der Waals surface area contributed by atoms with Crippen molar-refractivity contribution in [1.29, 1.82) is 0 Å². The monoisotopic (exact) mass is 296 g/mol. The topological polar surface area (TPSA) is 76.7 Å². The lowest BCUT2D eigenvalue weighted by Gasteiger charge is -2.29. The van der Waals surface area contributed by atoms with Gasteiger partial charge in [-0.05, 0) is 39.5 Å². The molecule has 1 rings (SSSR count). The zero-order valence-corrected chi connectivity index (χ0v) is 12.7. The van der Waals surface area contributed by atoms with E-state index in [0.29, 0.717) is 17.2 Å². The zero-order chi connectivity index (χ0) is 15.8. The maximum absolute atomic E-state index is 11.3. The molecule has 21 heavy (non-hydrogen) atoms. The second-order valence-electron chi connectivity index (χ2n) is 5.40. The van der Waals surface area contributed by atoms with Crippen LogP contribution in [0.2, 0.25) is 0 Å². The van der Waals surface area contributed by atoms with Crippen LogP contribution in [-0.2, 0) is 19.2 Å². The van der Waals surface area contributed by atoms with Gasteiger partial charge < -0.3 is 9.57 Å². The van der Waals surface area contributed by atoms with Crippen molar-refractivity contribution >= 4 is 11.9 Å². The summed E-state index contributed by atoms with van der Waals surface area (Å²) in [4.78, 5) is 27.4. The van der Waals surface area contributed by atoms with Crippen molar-refractivity contribution in [3.05, 3.63) is 24.3 Å². The summed E-state index contributed by atoms with van der Waals surface area (Å²) < 4.78 is 4.99. The maximum atomic E-state index is 11.3. The highest BCUT2D eigenvalue weighted by Crippen LogP contribution is 2.18. The van der Waals surface area contributed by atoms with Gasteiger partial charge >= 0.3 is 11.9 Å². The van der Waals surface area contributed by atoms with Gasteiger partial charge in [0.05, 0.1) is 0 Å². The molecule has 0 bridgehead atoms. The van der Waals surface area contributed by atoms with Gasteiger partial charge in [-0.2, -0.15) is 0 Å². The van der Waals surface area contributed by atoms with Crippen LogP contribution in [0.25, 0.3) is 0 Å². The van der Waals surface area contributed by atoms with Gasteiger partial charge in [0.2, 0.25) is 0 Å². The van der Waals surface area contributed by atoms with E-state index in [9.17, 15) is 9.59 Å². The third-order valence-electron chi connectivity index (χ3n) is 3.32. The molecule has 0 atom stereocenters. The maximum Gasteiger partial charge on any atom is 0.351 e. The normalized spacial score (nSPS) is 21.4. The van der Waals surface area contributed by atoms with E-state index in [1.807, 2.05) is 0 Å². The van der Waals surface area contributed by atoms with Crippen molar-refractivity contribution in [3.8, 4) is 0 Å². The number of ether oxygens (including phenoxy) is 1. The second kappa shape index (κ2) is 8.59. The van der Waals surface area contributed by atoms with Gasteiger partial charge in [0.25, 0.3) is 0 Å². The van der Waals surface area contributed by atoms with Crippen LogP contribution in [0.15, 0.2) is 24.3 Å². The lowest BCUT2D eigenvalue weighted by Crippen LogP contribution is -2.41. The van der Waals surface area contributed by atoms with Gasteiger partial charge in [0.15, 0.2) is 0 Å². The van der Waals surface area contributed by atoms with Crippen molar-refractivity contribution in [2.24, 2.45) is 0 Å². The van der Waals surface area contributed by atoms with E-state index in [-0.39, 0.29) is 18.7 Å². The Balaban J connectivity index is 2.15. The van der Waals surface area contributed by atoms with Crippen molar-refractivity contribution < 1.29 is 19.2 Å². The zero-order valence-electron chi connectivity index (χ0n) is 12.7. The summed E-state index contributed by atoms with van der Waals surface area (Å²) >= 11 is 0. The first-order valence-electron chi connectivity index (χ1n) is 7.08. The molecule has 0 radical (unpaired) electrons. The highest BCUT2D eigenvalue weighted by atomic mass is 16.7. The Morgan fingerprint density at radius 3 is 2.05 bits per heavy atom. The minimum Gasteiger partial charge on any atom is -0.446 e. The third-order valence-corrected chi connectivity index (χ3v) is 3.32. The summed E-state index contributed by atoms with van der Waals surface area (Å²) in [5, 5.41) is 3.18.